The van der Waals surface area contributed by atoms with Gasteiger partial charge in [0, 0.05) is 12.1 Å². The van der Waals surface area contributed by atoms with E-state index in [4.69, 9.17) is 10.5 Å². The van der Waals surface area contributed by atoms with Gasteiger partial charge in [-0.15, -0.1) is 11.3 Å². The lowest BCUT2D eigenvalue weighted by Gasteiger charge is -2.07. The van der Waals surface area contributed by atoms with Gasteiger partial charge in [-0.1, -0.05) is 0 Å². The lowest BCUT2D eigenvalue weighted by Crippen LogP contribution is -2.09. The molecular formula is C16H13F3N4O5S. The summed E-state index contributed by atoms with van der Waals surface area (Å²) in [6.45, 7) is 2.01. The molecule has 154 valence electrons. The highest BCUT2D eigenvalue weighted by molar-refractivity contribution is 7.18. The van der Waals surface area contributed by atoms with Crippen molar-refractivity contribution in [3.63, 3.8) is 0 Å². The Bertz CT molecular complexity index is 1050. The van der Waals surface area contributed by atoms with E-state index in [1.54, 1.807) is 18.4 Å². The van der Waals surface area contributed by atoms with Gasteiger partial charge in [0.1, 0.15) is 5.75 Å². The van der Waals surface area contributed by atoms with Gasteiger partial charge in [0.05, 0.1) is 37.7 Å². The SMILES string of the molecule is COc1ccc2nc(C)sc2c1.Nc1c([N+](=O)[O-])cc(C(F)(F)F)cc1[N+](=O)[O-]. The minimum Gasteiger partial charge on any atom is -0.497 e. The van der Waals surface area contributed by atoms with Crippen LogP contribution in [0, 0.1) is 27.2 Å². The minimum absolute atomic E-state index is 0.155. The third-order valence-electron chi connectivity index (χ3n) is 3.56. The molecule has 0 spiro atoms. The molecule has 13 heteroatoms. The molecule has 2 aromatic carbocycles. The molecule has 1 heterocycles. The zero-order valence-electron chi connectivity index (χ0n) is 14.9. The summed E-state index contributed by atoms with van der Waals surface area (Å²) in [6.07, 6.45) is -4.93. The number of thiazole rings is 1. The maximum absolute atomic E-state index is 12.3. The lowest BCUT2D eigenvalue weighted by atomic mass is 10.1. The molecule has 0 aliphatic rings. The maximum atomic E-state index is 12.3. The summed E-state index contributed by atoms with van der Waals surface area (Å²) in [7, 11) is 1.68. The van der Waals surface area contributed by atoms with E-state index in [1.165, 1.54) is 4.70 Å². The van der Waals surface area contributed by atoms with Crippen LogP contribution in [-0.2, 0) is 6.18 Å². The smallest absolute Gasteiger partial charge is 0.416 e. The van der Waals surface area contributed by atoms with E-state index in [0.29, 0.717) is 0 Å². The van der Waals surface area contributed by atoms with Gasteiger partial charge in [0.15, 0.2) is 5.69 Å². The van der Waals surface area contributed by atoms with Crippen molar-refractivity contribution in [2.24, 2.45) is 0 Å². The molecule has 0 bridgehead atoms. The highest BCUT2D eigenvalue weighted by Crippen LogP contribution is 2.39. The summed E-state index contributed by atoms with van der Waals surface area (Å²) in [5, 5.41) is 21.9. The molecule has 0 fully saturated rings. The molecule has 0 amide bonds. The Labute approximate surface area is 164 Å². The first-order valence-corrected chi connectivity index (χ1v) is 8.46. The number of anilines is 1. The number of fused-ring (bicyclic) bond motifs is 1. The monoisotopic (exact) mass is 430 g/mol. The van der Waals surface area contributed by atoms with Crippen molar-refractivity contribution in [3.05, 3.63) is 61.1 Å². The van der Waals surface area contributed by atoms with Gasteiger partial charge < -0.3 is 10.5 Å². The molecule has 0 atom stereocenters. The number of nitro groups is 2. The third kappa shape index (κ3) is 5.07. The van der Waals surface area contributed by atoms with E-state index < -0.39 is 38.6 Å². The average Bonchev–Trinajstić information content (AvgIpc) is 2.99. The third-order valence-corrected chi connectivity index (χ3v) is 4.49. The van der Waals surface area contributed by atoms with E-state index >= 15 is 0 Å². The molecular weight excluding hydrogens is 417 g/mol. The number of ether oxygens (including phenoxy) is 1. The number of nitro benzene ring substituents is 2. The Morgan fingerprint density at radius 3 is 2.10 bits per heavy atom. The zero-order valence-corrected chi connectivity index (χ0v) is 15.7. The molecule has 29 heavy (non-hydrogen) atoms. The normalized spacial score (nSPS) is 10.9. The molecule has 0 aliphatic carbocycles. The van der Waals surface area contributed by atoms with E-state index in [0.717, 1.165) is 16.3 Å². The number of alkyl halides is 3. The second kappa shape index (κ2) is 8.26. The number of halogens is 3. The Morgan fingerprint density at radius 2 is 1.66 bits per heavy atom. The Morgan fingerprint density at radius 1 is 1.10 bits per heavy atom. The van der Waals surface area contributed by atoms with Crippen LogP contribution in [-0.4, -0.2) is 21.9 Å². The molecule has 0 aliphatic heterocycles. The number of nitrogen functional groups attached to an aromatic ring is 1. The molecule has 2 N–H and O–H groups in total. The Kier molecular flexibility index (Phi) is 6.21. The summed E-state index contributed by atoms with van der Waals surface area (Å²) < 4.78 is 43.3. The summed E-state index contributed by atoms with van der Waals surface area (Å²) in [6, 6.07) is 6.24. The van der Waals surface area contributed by atoms with Gasteiger partial charge in [0.25, 0.3) is 11.4 Å². The van der Waals surface area contributed by atoms with E-state index in [2.05, 4.69) is 4.98 Å². The Balaban J connectivity index is 0.000000218. The van der Waals surface area contributed by atoms with Gasteiger partial charge in [-0.05, 0) is 25.1 Å². The number of benzene rings is 2. The van der Waals surface area contributed by atoms with Gasteiger partial charge in [0.2, 0.25) is 0 Å². The van der Waals surface area contributed by atoms with Gasteiger partial charge in [-0.3, -0.25) is 20.2 Å². The molecule has 1 aromatic heterocycles. The largest absolute Gasteiger partial charge is 0.497 e. The fourth-order valence-electron chi connectivity index (χ4n) is 2.24. The first-order valence-electron chi connectivity index (χ1n) is 7.64. The quantitative estimate of drug-likeness (QED) is 0.361. The number of hydrogen-bond donors (Lipinski definition) is 1. The lowest BCUT2D eigenvalue weighted by molar-refractivity contribution is -0.392. The number of nitrogens with two attached hydrogens (primary N) is 1. The molecule has 0 saturated heterocycles. The maximum Gasteiger partial charge on any atom is 0.416 e. The molecule has 3 aromatic rings. The van der Waals surface area contributed by atoms with Crippen LogP contribution in [0.5, 0.6) is 5.75 Å². The second-order valence-corrected chi connectivity index (χ2v) is 6.74. The van der Waals surface area contributed by atoms with Crippen molar-refractivity contribution in [2.75, 3.05) is 12.8 Å². The van der Waals surface area contributed by atoms with Crippen LogP contribution in [0.2, 0.25) is 0 Å². The van der Waals surface area contributed by atoms with E-state index in [-0.39, 0.29) is 12.1 Å². The molecule has 9 nitrogen and oxygen atoms in total. The second-order valence-electron chi connectivity index (χ2n) is 5.51. The highest BCUT2D eigenvalue weighted by atomic mass is 32.1. The molecule has 3 rings (SSSR count). The fourth-order valence-corrected chi connectivity index (χ4v) is 3.09. The summed E-state index contributed by atoms with van der Waals surface area (Å²) in [4.78, 5) is 22.8. The van der Waals surface area contributed by atoms with Crippen molar-refractivity contribution < 1.29 is 27.8 Å². The average molecular weight is 430 g/mol. The number of aryl methyl sites for hydroxylation is 1. The fraction of sp³-hybridized carbons (Fsp3) is 0.188. The summed E-state index contributed by atoms with van der Waals surface area (Å²) >= 11 is 1.69. The first-order chi connectivity index (χ1) is 13.4. The van der Waals surface area contributed by atoms with Crippen molar-refractivity contribution in [1.82, 2.24) is 4.98 Å². The molecule has 0 saturated carbocycles. The van der Waals surface area contributed by atoms with Gasteiger partial charge >= 0.3 is 6.18 Å². The van der Waals surface area contributed by atoms with Crippen LogP contribution >= 0.6 is 11.3 Å². The van der Waals surface area contributed by atoms with Crippen molar-refractivity contribution in [2.45, 2.75) is 13.1 Å². The number of hydrogen-bond acceptors (Lipinski definition) is 8. The topological polar surface area (TPSA) is 134 Å². The predicted molar refractivity (Wildman–Crippen MR) is 100 cm³/mol. The van der Waals surface area contributed by atoms with Crippen LogP contribution in [0.4, 0.5) is 30.2 Å². The van der Waals surface area contributed by atoms with Crippen molar-refractivity contribution in [1.29, 1.82) is 0 Å². The van der Waals surface area contributed by atoms with Crippen LogP contribution in [0.3, 0.4) is 0 Å². The standard InChI is InChI=1S/C9H9NOS.C7H4F3N3O4/c1-6-10-8-4-3-7(11-2)5-9(8)12-6;8-7(9,10)3-1-4(12(14)15)6(11)5(2-3)13(16)17/h3-5H,1-2H3;1-2H,11H2. The van der Waals surface area contributed by atoms with Crippen LogP contribution < -0.4 is 10.5 Å². The zero-order chi connectivity index (χ0) is 21.9. The number of methoxy groups -OCH3 is 1. The van der Waals surface area contributed by atoms with Gasteiger partial charge in [-0.25, -0.2) is 4.98 Å². The molecule has 0 radical (unpaired) electrons. The first kappa shape index (κ1) is 21.8. The van der Waals surface area contributed by atoms with Crippen LogP contribution in [0.25, 0.3) is 10.2 Å². The highest BCUT2D eigenvalue weighted by Gasteiger charge is 2.36. The van der Waals surface area contributed by atoms with Crippen LogP contribution in [0.1, 0.15) is 10.6 Å². The number of nitrogens with zero attached hydrogens (tertiary/aromatic N) is 3. The predicted octanol–water partition coefficient (Wildman–Crippen LogP) is 4.72. The summed E-state index contributed by atoms with van der Waals surface area (Å²) in [5.41, 5.74) is 1.40. The van der Waals surface area contributed by atoms with E-state index in [1.807, 2.05) is 25.1 Å². The van der Waals surface area contributed by atoms with Crippen molar-refractivity contribution in [3.8, 4) is 5.75 Å². The molecule has 0 unspecified atom stereocenters. The number of rotatable bonds is 3. The van der Waals surface area contributed by atoms with Crippen LogP contribution in [0.15, 0.2) is 30.3 Å². The number of aromatic nitrogens is 1. The summed E-state index contributed by atoms with van der Waals surface area (Å²) in [5.74, 6) is 0.895. The Hall–Kier alpha value is -3.48. The van der Waals surface area contributed by atoms with Crippen molar-refractivity contribution >= 4 is 38.6 Å². The van der Waals surface area contributed by atoms with E-state index in [9.17, 15) is 33.4 Å². The van der Waals surface area contributed by atoms with Gasteiger partial charge in [-0.2, -0.15) is 13.2 Å². The minimum atomic E-state index is -4.93.